The van der Waals surface area contributed by atoms with E-state index in [1.165, 1.54) is 0 Å². The van der Waals surface area contributed by atoms with E-state index < -0.39 is 0 Å². The van der Waals surface area contributed by atoms with Crippen LogP contribution in [-0.2, 0) is 4.84 Å². The highest BCUT2D eigenvalue weighted by Crippen LogP contribution is 1.87. The first kappa shape index (κ1) is 4.30. The molecule has 1 heterocycles. The normalized spacial score (nSPS) is 18.1. The molecule has 0 radical (unpaired) electrons. The molecule has 1 aliphatic heterocycles. The third kappa shape index (κ3) is 0.994. The summed E-state index contributed by atoms with van der Waals surface area (Å²) in [7, 11) is 1.85. The molecule has 0 saturated heterocycles. The molecule has 0 aliphatic carbocycles. The van der Waals surface area contributed by atoms with Gasteiger partial charge in [-0.1, -0.05) is 4.70 Å². The molecule has 38 valence electrons. The molecule has 1 aliphatic rings. The van der Waals surface area contributed by atoms with E-state index in [-0.39, 0.29) is 0 Å². The lowest BCUT2D eigenvalue weighted by molar-refractivity contribution is -0.585. The van der Waals surface area contributed by atoms with Gasteiger partial charge in [0.25, 0.3) is 0 Å². The molecule has 0 spiro atoms. The maximum atomic E-state index is 4.55. The summed E-state index contributed by atoms with van der Waals surface area (Å²) in [4.78, 5) is 4.55. The van der Waals surface area contributed by atoms with E-state index in [9.17, 15) is 0 Å². The van der Waals surface area contributed by atoms with Crippen molar-refractivity contribution in [2.24, 2.45) is 5.28 Å². The average Bonchev–Trinajstić information content (AvgIpc) is 1.69. The highest BCUT2D eigenvalue weighted by molar-refractivity contribution is 4.71. The fraction of sp³-hybridized carbons (Fsp3) is 0.500. The fourth-order valence-corrected chi connectivity index (χ4v) is 0.380. The van der Waals surface area contributed by atoms with Crippen LogP contribution in [0.15, 0.2) is 17.6 Å². The van der Waals surface area contributed by atoms with E-state index in [0.717, 1.165) is 6.54 Å². The van der Waals surface area contributed by atoms with Crippen LogP contribution in [0, 0.1) is 0 Å². The van der Waals surface area contributed by atoms with Crippen molar-refractivity contribution in [1.82, 2.24) is 0 Å². The Balaban J connectivity index is 2.50. The van der Waals surface area contributed by atoms with Crippen molar-refractivity contribution in [1.29, 1.82) is 0 Å². The molecule has 0 aromatic carbocycles. The van der Waals surface area contributed by atoms with Crippen LogP contribution in [0.25, 0.3) is 0 Å². The Morgan fingerprint density at radius 1 is 1.86 bits per heavy atom. The summed E-state index contributed by atoms with van der Waals surface area (Å²) in [5.41, 5.74) is 0. The zero-order valence-electron chi connectivity index (χ0n) is 4.16. The van der Waals surface area contributed by atoms with E-state index in [0.29, 0.717) is 0 Å². The van der Waals surface area contributed by atoms with Gasteiger partial charge in [-0.05, 0) is 0 Å². The lowest BCUT2D eigenvalue weighted by Gasteiger charge is -1.90. The Bertz CT molecular complexity index is 117. The number of nitrogens with zero attached hydrogens (tertiary/aromatic N) is 2. The minimum absolute atomic E-state index is 0.847. The van der Waals surface area contributed by atoms with Crippen LogP contribution < -0.4 is 0 Å². The molecular formula is C4H7N2O+. The highest BCUT2D eigenvalue weighted by atomic mass is 16.6. The summed E-state index contributed by atoms with van der Waals surface area (Å²) in [6.07, 6.45) is 3.47. The van der Waals surface area contributed by atoms with E-state index >= 15 is 0 Å². The van der Waals surface area contributed by atoms with Crippen molar-refractivity contribution in [3.05, 3.63) is 12.3 Å². The minimum Gasteiger partial charge on any atom is -0.316 e. The molecule has 0 saturated carbocycles. The first-order chi connectivity index (χ1) is 3.39. The van der Waals surface area contributed by atoms with Crippen molar-refractivity contribution in [2.75, 3.05) is 13.6 Å². The van der Waals surface area contributed by atoms with E-state index in [1.807, 2.05) is 13.1 Å². The van der Waals surface area contributed by atoms with Gasteiger partial charge in [0.05, 0.1) is 0 Å². The van der Waals surface area contributed by atoms with Crippen molar-refractivity contribution in [3.8, 4) is 0 Å². The molecule has 0 N–H and O–H groups in total. The second-order valence-electron chi connectivity index (χ2n) is 1.40. The molecule has 3 nitrogen and oxygen atoms in total. The number of rotatable bonds is 0. The summed E-state index contributed by atoms with van der Waals surface area (Å²) >= 11 is 0. The zero-order chi connectivity index (χ0) is 5.11. The number of likely N-dealkylation sites (N-methyl/N-ethyl adjacent to an activating group) is 1. The van der Waals surface area contributed by atoms with Crippen molar-refractivity contribution in [2.45, 2.75) is 0 Å². The van der Waals surface area contributed by atoms with Gasteiger partial charge in [-0.3, -0.25) is 0 Å². The molecular weight excluding hydrogens is 92.1 g/mol. The van der Waals surface area contributed by atoms with Gasteiger partial charge in [0.15, 0.2) is 18.9 Å². The molecule has 1 rings (SSSR count). The predicted molar refractivity (Wildman–Crippen MR) is 23.7 cm³/mol. The van der Waals surface area contributed by atoms with Crippen LogP contribution in [0.4, 0.5) is 0 Å². The summed E-state index contributed by atoms with van der Waals surface area (Å²) in [6, 6.07) is 0. The lowest BCUT2D eigenvalue weighted by Crippen LogP contribution is -2.05. The van der Waals surface area contributed by atoms with Crippen LogP contribution >= 0.6 is 0 Å². The van der Waals surface area contributed by atoms with E-state index in [2.05, 4.69) is 10.1 Å². The van der Waals surface area contributed by atoms with Crippen molar-refractivity contribution < 1.29 is 9.53 Å². The first-order valence-electron chi connectivity index (χ1n) is 2.12. The largest absolute Gasteiger partial charge is 0.316 e. The second-order valence-corrected chi connectivity index (χ2v) is 1.40. The monoisotopic (exact) mass is 99.1 g/mol. The van der Waals surface area contributed by atoms with Gasteiger partial charge >= 0.3 is 0 Å². The second kappa shape index (κ2) is 1.73. The maximum absolute atomic E-state index is 4.55. The summed E-state index contributed by atoms with van der Waals surface area (Å²) in [5.74, 6) is 0. The van der Waals surface area contributed by atoms with Gasteiger partial charge in [0, 0.05) is 6.08 Å². The molecule has 0 aromatic heterocycles. The maximum Gasteiger partial charge on any atom is 0.193 e. The van der Waals surface area contributed by atoms with Gasteiger partial charge in [-0.25, -0.2) is 0 Å². The van der Waals surface area contributed by atoms with Crippen LogP contribution in [0.3, 0.4) is 0 Å². The Hall–Kier alpha value is -0.860. The van der Waals surface area contributed by atoms with E-state index in [1.54, 1.807) is 11.0 Å². The van der Waals surface area contributed by atoms with E-state index in [4.69, 9.17) is 0 Å². The minimum atomic E-state index is 0.847. The van der Waals surface area contributed by atoms with Gasteiger partial charge in [-0.15, -0.1) is 0 Å². The quantitative estimate of drug-likeness (QED) is 0.407. The Morgan fingerprint density at radius 2 is 2.71 bits per heavy atom. The van der Waals surface area contributed by atoms with Crippen LogP contribution in [-0.4, -0.2) is 18.3 Å². The highest BCUT2D eigenvalue weighted by Gasteiger charge is 1.96. The average molecular weight is 99.1 g/mol. The topological polar surface area (TPSA) is 24.6 Å². The molecule has 0 unspecified atom stereocenters. The Labute approximate surface area is 41.9 Å². The Kier molecular flexibility index (Phi) is 1.06. The molecule has 0 fully saturated rings. The fourth-order valence-electron chi connectivity index (χ4n) is 0.380. The third-order valence-electron chi connectivity index (χ3n) is 0.713. The first-order valence-corrected chi connectivity index (χ1v) is 2.12. The van der Waals surface area contributed by atoms with Crippen LogP contribution in [0.1, 0.15) is 0 Å². The summed E-state index contributed by atoms with van der Waals surface area (Å²) in [5, 5.41) is 3.58. The molecule has 0 atom stereocenters. The number of hydrogen-bond acceptors (Lipinski definition) is 2. The predicted octanol–water partition coefficient (Wildman–Crippen LogP) is 0.540. The smallest absolute Gasteiger partial charge is 0.193 e. The summed E-state index contributed by atoms with van der Waals surface area (Å²) in [6.45, 7) is 0.847. The van der Waals surface area contributed by atoms with Crippen LogP contribution in [0.2, 0.25) is 0 Å². The van der Waals surface area contributed by atoms with Crippen molar-refractivity contribution >= 4 is 0 Å². The molecule has 3 heteroatoms. The van der Waals surface area contributed by atoms with Gasteiger partial charge in [0.1, 0.15) is 6.26 Å². The van der Waals surface area contributed by atoms with Gasteiger partial charge in [0.2, 0.25) is 0 Å². The van der Waals surface area contributed by atoms with Gasteiger partial charge < -0.3 is 4.84 Å². The SMILES string of the molecule is C[N+]1=NOC=CC1. The lowest BCUT2D eigenvalue weighted by atomic mass is 10.6. The van der Waals surface area contributed by atoms with Gasteiger partial charge in [-0.2, -0.15) is 0 Å². The molecule has 0 amide bonds. The standard InChI is InChI=1S/C4H7N2O/c1-6-3-2-4-7-5-6/h2,4H,3H2,1H3/q+1. The summed E-state index contributed by atoms with van der Waals surface area (Å²) < 4.78 is 1.71. The Morgan fingerprint density at radius 3 is 3.00 bits per heavy atom. The van der Waals surface area contributed by atoms with Crippen LogP contribution in [0.5, 0.6) is 0 Å². The molecule has 7 heavy (non-hydrogen) atoms. The molecule has 0 bridgehead atoms. The van der Waals surface area contributed by atoms with Crippen molar-refractivity contribution in [3.63, 3.8) is 0 Å². The third-order valence-corrected chi connectivity index (χ3v) is 0.713. The zero-order valence-corrected chi connectivity index (χ0v) is 4.16. The molecule has 0 aromatic rings. The number of hydrogen-bond donors (Lipinski definition) is 0.